The molecule has 0 spiro atoms. The van der Waals surface area contributed by atoms with Gasteiger partial charge in [-0.1, -0.05) is 30.8 Å². The fourth-order valence-corrected chi connectivity index (χ4v) is 3.96. The molecule has 0 bridgehead atoms. The van der Waals surface area contributed by atoms with Crippen molar-refractivity contribution in [3.63, 3.8) is 0 Å². The molecule has 2 aromatic carbocycles. The smallest absolute Gasteiger partial charge is 0.133 e. The highest BCUT2D eigenvalue weighted by atomic mass is 32.2. The molecule has 24 heavy (non-hydrogen) atoms. The number of benzene rings is 2. The number of nitrogens with one attached hydrogen (secondary N) is 1. The molecule has 0 amide bonds. The second-order valence-corrected chi connectivity index (χ2v) is 7.22. The summed E-state index contributed by atoms with van der Waals surface area (Å²) in [5.41, 5.74) is 12.9. The van der Waals surface area contributed by atoms with Crippen molar-refractivity contribution < 1.29 is 4.74 Å². The molecule has 1 aliphatic heterocycles. The van der Waals surface area contributed by atoms with E-state index in [-0.39, 0.29) is 6.10 Å². The molecule has 3 rings (SSSR count). The van der Waals surface area contributed by atoms with Crippen LogP contribution in [0.15, 0.2) is 52.3 Å². The number of rotatable bonds is 6. The van der Waals surface area contributed by atoms with E-state index in [2.05, 4.69) is 18.3 Å². The molecule has 0 aromatic heterocycles. The van der Waals surface area contributed by atoms with Gasteiger partial charge < -0.3 is 21.5 Å². The molecule has 0 radical (unpaired) electrons. The van der Waals surface area contributed by atoms with Crippen LogP contribution in [0, 0.1) is 0 Å². The predicted molar refractivity (Wildman–Crippen MR) is 102 cm³/mol. The molecule has 1 saturated heterocycles. The summed E-state index contributed by atoms with van der Waals surface area (Å²) < 4.78 is 6.37. The van der Waals surface area contributed by atoms with Gasteiger partial charge in [-0.25, -0.2) is 0 Å². The van der Waals surface area contributed by atoms with Gasteiger partial charge in [-0.2, -0.15) is 0 Å². The van der Waals surface area contributed by atoms with Crippen LogP contribution in [0.4, 0.5) is 11.4 Å². The number of hydrogen-bond acceptors (Lipinski definition) is 5. The average molecular weight is 343 g/mol. The standard InChI is InChI=1S/C19H25N3OS/c1-2-17(16-6-5-11-22-16)23-18-7-3-4-8-19(18)24-13-9-10-14(20)15(21)12-13/h3-4,7-10,12,16-17,22H,2,5-6,11,20-21H2,1H3. The predicted octanol–water partition coefficient (Wildman–Crippen LogP) is 3.91. The van der Waals surface area contributed by atoms with Crippen molar-refractivity contribution in [1.82, 2.24) is 5.32 Å². The summed E-state index contributed by atoms with van der Waals surface area (Å²) in [5, 5.41) is 3.55. The zero-order valence-electron chi connectivity index (χ0n) is 14.0. The van der Waals surface area contributed by atoms with E-state index in [9.17, 15) is 0 Å². The van der Waals surface area contributed by atoms with Crippen LogP contribution in [-0.2, 0) is 0 Å². The quantitative estimate of drug-likeness (QED) is 0.694. The van der Waals surface area contributed by atoms with Crippen molar-refractivity contribution in [3.8, 4) is 5.75 Å². The van der Waals surface area contributed by atoms with Crippen LogP contribution in [0.5, 0.6) is 5.75 Å². The maximum Gasteiger partial charge on any atom is 0.133 e. The fraction of sp³-hybridized carbons (Fsp3) is 0.368. The summed E-state index contributed by atoms with van der Waals surface area (Å²) in [5.74, 6) is 0.929. The lowest BCUT2D eigenvalue weighted by atomic mass is 10.1. The number of nitrogen functional groups attached to an aromatic ring is 2. The largest absolute Gasteiger partial charge is 0.488 e. The number of ether oxygens (including phenoxy) is 1. The van der Waals surface area contributed by atoms with Crippen LogP contribution in [0.2, 0.25) is 0 Å². The Balaban J connectivity index is 1.77. The molecule has 128 valence electrons. The first kappa shape index (κ1) is 17.0. The van der Waals surface area contributed by atoms with Crippen molar-refractivity contribution in [3.05, 3.63) is 42.5 Å². The maximum atomic E-state index is 6.37. The Morgan fingerprint density at radius 2 is 2.04 bits per heavy atom. The van der Waals surface area contributed by atoms with Gasteiger partial charge in [0.1, 0.15) is 11.9 Å². The number of hydrogen-bond donors (Lipinski definition) is 3. The van der Waals surface area contributed by atoms with Gasteiger partial charge in [-0.3, -0.25) is 0 Å². The molecule has 2 unspecified atom stereocenters. The van der Waals surface area contributed by atoms with E-state index in [1.54, 1.807) is 11.8 Å². The summed E-state index contributed by atoms with van der Waals surface area (Å²) in [6.45, 7) is 3.27. The minimum atomic E-state index is 0.200. The minimum absolute atomic E-state index is 0.200. The van der Waals surface area contributed by atoms with Gasteiger partial charge in [-0.05, 0) is 56.1 Å². The van der Waals surface area contributed by atoms with E-state index >= 15 is 0 Å². The van der Waals surface area contributed by atoms with E-state index in [0.717, 1.165) is 28.5 Å². The van der Waals surface area contributed by atoms with Gasteiger partial charge in [0.25, 0.3) is 0 Å². The first-order valence-corrected chi connectivity index (χ1v) is 9.31. The molecule has 0 aliphatic carbocycles. The third kappa shape index (κ3) is 3.97. The second kappa shape index (κ2) is 7.81. The summed E-state index contributed by atoms with van der Waals surface area (Å²) in [6.07, 6.45) is 3.60. The van der Waals surface area contributed by atoms with Gasteiger partial charge in [-0.15, -0.1) is 0 Å². The summed E-state index contributed by atoms with van der Waals surface area (Å²) >= 11 is 1.65. The lowest BCUT2D eigenvalue weighted by Crippen LogP contribution is -2.38. The van der Waals surface area contributed by atoms with Crippen LogP contribution in [-0.4, -0.2) is 18.7 Å². The molecule has 4 nitrogen and oxygen atoms in total. The Morgan fingerprint density at radius 3 is 2.75 bits per heavy atom. The Hall–Kier alpha value is -1.85. The molecule has 0 saturated carbocycles. The molecule has 5 N–H and O–H groups in total. The lowest BCUT2D eigenvalue weighted by Gasteiger charge is -2.25. The molecular formula is C19H25N3OS. The Bertz CT molecular complexity index is 686. The van der Waals surface area contributed by atoms with Crippen molar-refractivity contribution >= 4 is 23.1 Å². The van der Waals surface area contributed by atoms with E-state index in [4.69, 9.17) is 16.2 Å². The number of para-hydroxylation sites is 1. The second-order valence-electron chi connectivity index (χ2n) is 6.11. The van der Waals surface area contributed by atoms with Gasteiger partial charge in [0, 0.05) is 10.9 Å². The molecule has 5 heteroatoms. The van der Waals surface area contributed by atoms with Crippen LogP contribution >= 0.6 is 11.8 Å². The van der Waals surface area contributed by atoms with Crippen LogP contribution in [0.25, 0.3) is 0 Å². The van der Waals surface area contributed by atoms with Crippen LogP contribution in [0.1, 0.15) is 26.2 Å². The summed E-state index contributed by atoms with van der Waals surface area (Å²) in [6, 6.07) is 14.4. The van der Waals surface area contributed by atoms with Crippen molar-refractivity contribution in [2.45, 2.75) is 48.1 Å². The third-order valence-corrected chi connectivity index (χ3v) is 5.41. The van der Waals surface area contributed by atoms with Crippen LogP contribution < -0.4 is 21.5 Å². The number of nitrogens with two attached hydrogens (primary N) is 2. The minimum Gasteiger partial charge on any atom is -0.488 e. The van der Waals surface area contributed by atoms with Crippen molar-refractivity contribution in [2.24, 2.45) is 0 Å². The topological polar surface area (TPSA) is 73.3 Å². The molecular weight excluding hydrogens is 318 g/mol. The first-order valence-electron chi connectivity index (χ1n) is 8.49. The fourth-order valence-electron chi connectivity index (χ4n) is 3.02. The average Bonchev–Trinajstić information content (AvgIpc) is 3.12. The molecule has 1 heterocycles. The molecule has 2 atom stereocenters. The van der Waals surface area contributed by atoms with Gasteiger partial charge in [0.2, 0.25) is 0 Å². The summed E-state index contributed by atoms with van der Waals surface area (Å²) in [4.78, 5) is 2.16. The van der Waals surface area contributed by atoms with Gasteiger partial charge in [0.05, 0.1) is 16.3 Å². The highest BCUT2D eigenvalue weighted by molar-refractivity contribution is 7.99. The lowest BCUT2D eigenvalue weighted by molar-refractivity contribution is 0.153. The molecule has 2 aromatic rings. The van der Waals surface area contributed by atoms with Crippen molar-refractivity contribution in [1.29, 1.82) is 0 Å². The van der Waals surface area contributed by atoms with E-state index < -0.39 is 0 Å². The highest BCUT2D eigenvalue weighted by Gasteiger charge is 2.25. The van der Waals surface area contributed by atoms with Crippen LogP contribution in [0.3, 0.4) is 0 Å². The zero-order valence-corrected chi connectivity index (χ0v) is 14.8. The molecule has 1 fully saturated rings. The SMILES string of the molecule is CCC(Oc1ccccc1Sc1ccc(N)c(N)c1)C1CCCN1. The Kier molecular flexibility index (Phi) is 5.53. The van der Waals surface area contributed by atoms with E-state index in [1.165, 1.54) is 12.8 Å². The normalized spacial score (nSPS) is 18.5. The van der Waals surface area contributed by atoms with Gasteiger partial charge in [0.15, 0.2) is 0 Å². The Morgan fingerprint density at radius 1 is 1.21 bits per heavy atom. The van der Waals surface area contributed by atoms with E-state index in [0.29, 0.717) is 17.4 Å². The highest BCUT2D eigenvalue weighted by Crippen LogP contribution is 2.37. The third-order valence-electron chi connectivity index (χ3n) is 4.36. The zero-order chi connectivity index (χ0) is 16.9. The van der Waals surface area contributed by atoms with Crippen molar-refractivity contribution in [2.75, 3.05) is 18.0 Å². The monoisotopic (exact) mass is 343 g/mol. The number of anilines is 2. The molecule has 1 aliphatic rings. The summed E-state index contributed by atoms with van der Waals surface area (Å²) in [7, 11) is 0. The maximum absolute atomic E-state index is 6.37. The first-order chi connectivity index (χ1) is 11.7. The van der Waals surface area contributed by atoms with E-state index in [1.807, 2.05) is 36.4 Å². The Labute approximate surface area is 148 Å². The van der Waals surface area contributed by atoms with Gasteiger partial charge >= 0.3 is 0 Å².